The third-order valence-electron chi connectivity index (χ3n) is 4.23. The van der Waals surface area contributed by atoms with Crippen LogP contribution in [0.1, 0.15) is 61.4 Å². The van der Waals surface area contributed by atoms with Crippen molar-refractivity contribution in [2.24, 2.45) is 17.6 Å². The third kappa shape index (κ3) is 5.52. The van der Waals surface area contributed by atoms with E-state index in [1.807, 2.05) is 5.38 Å². The maximum Gasteiger partial charge on any atom is 0.270 e. The van der Waals surface area contributed by atoms with Crippen molar-refractivity contribution in [1.82, 2.24) is 10.3 Å². The van der Waals surface area contributed by atoms with Crippen molar-refractivity contribution >= 4 is 29.7 Å². The Morgan fingerprint density at radius 3 is 2.95 bits per heavy atom. The van der Waals surface area contributed by atoms with Crippen LogP contribution in [0.15, 0.2) is 5.38 Å². The fourth-order valence-electron chi connectivity index (χ4n) is 3.02. The zero-order valence-corrected chi connectivity index (χ0v) is 15.1. The van der Waals surface area contributed by atoms with Crippen LogP contribution in [-0.4, -0.2) is 23.5 Å². The second kappa shape index (κ2) is 9.48. The van der Waals surface area contributed by atoms with E-state index in [2.05, 4.69) is 24.1 Å². The second-order valence-electron chi connectivity index (χ2n) is 6.41. The van der Waals surface area contributed by atoms with Crippen molar-refractivity contribution in [3.05, 3.63) is 16.1 Å². The normalized spacial score (nSPS) is 20.9. The Morgan fingerprint density at radius 1 is 1.50 bits per heavy atom. The van der Waals surface area contributed by atoms with Crippen molar-refractivity contribution in [1.29, 1.82) is 0 Å². The van der Waals surface area contributed by atoms with Crippen LogP contribution in [0.5, 0.6) is 0 Å². The average molecular weight is 346 g/mol. The number of rotatable bonds is 7. The zero-order valence-electron chi connectivity index (χ0n) is 13.5. The SMILES string of the molecule is CC(C)CCC1CCCC1NC(=O)c1csc(CCN)n1.Cl. The van der Waals surface area contributed by atoms with Gasteiger partial charge in [0.2, 0.25) is 0 Å². The van der Waals surface area contributed by atoms with E-state index in [0.29, 0.717) is 24.2 Å². The summed E-state index contributed by atoms with van der Waals surface area (Å²) < 4.78 is 0. The minimum Gasteiger partial charge on any atom is -0.348 e. The van der Waals surface area contributed by atoms with Crippen molar-refractivity contribution < 1.29 is 4.79 Å². The molecule has 22 heavy (non-hydrogen) atoms. The van der Waals surface area contributed by atoms with Crippen LogP contribution < -0.4 is 11.1 Å². The molecule has 2 unspecified atom stereocenters. The van der Waals surface area contributed by atoms with E-state index in [0.717, 1.165) is 23.8 Å². The van der Waals surface area contributed by atoms with E-state index in [-0.39, 0.29) is 18.3 Å². The summed E-state index contributed by atoms with van der Waals surface area (Å²) in [5.41, 5.74) is 6.07. The number of carbonyl (C=O) groups excluding carboxylic acids is 1. The molecule has 0 aromatic carbocycles. The summed E-state index contributed by atoms with van der Waals surface area (Å²) >= 11 is 1.52. The molecular formula is C16H28ClN3OS. The summed E-state index contributed by atoms with van der Waals surface area (Å²) in [4.78, 5) is 16.7. The van der Waals surface area contributed by atoms with Crippen molar-refractivity contribution in [2.75, 3.05) is 6.54 Å². The summed E-state index contributed by atoms with van der Waals surface area (Å²) in [5.74, 6) is 1.36. The molecule has 1 saturated carbocycles. The highest BCUT2D eigenvalue weighted by atomic mass is 35.5. The fourth-order valence-corrected chi connectivity index (χ4v) is 3.81. The number of hydrogen-bond donors (Lipinski definition) is 2. The summed E-state index contributed by atoms with van der Waals surface area (Å²) in [6.07, 6.45) is 6.79. The highest BCUT2D eigenvalue weighted by molar-refractivity contribution is 7.09. The second-order valence-corrected chi connectivity index (χ2v) is 7.35. The van der Waals surface area contributed by atoms with Gasteiger partial charge in [-0.2, -0.15) is 0 Å². The van der Waals surface area contributed by atoms with Gasteiger partial charge in [-0.25, -0.2) is 4.98 Å². The molecule has 1 aliphatic carbocycles. The largest absolute Gasteiger partial charge is 0.348 e. The number of nitrogens with two attached hydrogens (primary N) is 1. The minimum absolute atomic E-state index is 0. The monoisotopic (exact) mass is 345 g/mol. The first-order valence-corrected chi connectivity index (χ1v) is 8.93. The van der Waals surface area contributed by atoms with Crippen LogP contribution in [-0.2, 0) is 6.42 Å². The summed E-state index contributed by atoms with van der Waals surface area (Å²) in [6, 6.07) is 0.330. The molecule has 3 N–H and O–H groups in total. The topological polar surface area (TPSA) is 68.0 Å². The Balaban J connectivity index is 0.00000242. The molecule has 0 spiro atoms. The molecule has 6 heteroatoms. The van der Waals surface area contributed by atoms with Crippen molar-refractivity contribution in [3.63, 3.8) is 0 Å². The summed E-state index contributed by atoms with van der Waals surface area (Å²) in [6.45, 7) is 5.10. The Bertz CT molecular complexity index is 464. The molecular weight excluding hydrogens is 318 g/mol. The number of carbonyl (C=O) groups is 1. The standard InChI is InChI=1S/C16H27N3OS.ClH/c1-11(2)6-7-12-4-3-5-13(12)19-16(20)14-10-21-15(18-14)8-9-17;/h10-13H,3-9,17H2,1-2H3,(H,19,20);1H. The number of thiazole rings is 1. The first kappa shape index (κ1) is 19.4. The lowest BCUT2D eigenvalue weighted by molar-refractivity contribution is 0.0921. The Kier molecular flexibility index (Phi) is 8.36. The van der Waals surface area contributed by atoms with Crippen LogP contribution in [0.2, 0.25) is 0 Å². The molecule has 0 bridgehead atoms. The number of amides is 1. The minimum atomic E-state index is -0.0176. The smallest absolute Gasteiger partial charge is 0.270 e. The van der Waals surface area contributed by atoms with Gasteiger partial charge in [-0.15, -0.1) is 23.7 Å². The maximum absolute atomic E-state index is 12.3. The average Bonchev–Trinajstić information content (AvgIpc) is 3.06. The Labute approximate surface area is 143 Å². The number of hydrogen-bond acceptors (Lipinski definition) is 4. The van der Waals surface area contributed by atoms with Crippen LogP contribution in [0, 0.1) is 11.8 Å². The molecule has 0 radical (unpaired) electrons. The number of nitrogens with zero attached hydrogens (tertiary/aromatic N) is 1. The third-order valence-corrected chi connectivity index (χ3v) is 5.14. The molecule has 1 aromatic heterocycles. The van der Waals surface area contributed by atoms with Crippen LogP contribution in [0.3, 0.4) is 0 Å². The lowest BCUT2D eigenvalue weighted by Gasteiger charge is -2.21. The van der Waals surface area contributed by atoms with Gasteiger partial charge < -0.3 is 11.1 Å². The van der Waals surface area contributed by atoms with Crippen LogP contribution in [0.25, 0.3) is 0 Å². The first-order chi connectivity index (χ1) is 10.1. The molecule has 1 fully saturated rings. The fraction of sp³-hybridized carbons (Fsp3) is 0.750. The first-order valence-electron chi connectivity index (χ1n) is 8.05. The lowest BCUT2D eigenvalue weighted by atomic mass is 9.93. The van der Waals surface area contributed by atoms with E-state index in [1.54, 1.807) is 0 Å². The van der Waals surface area contributed by atoms with Gasteiger partial charge in [0.25, 0.3) is 5.91 Å². The molecule has 1 heterocycles. The highest BCUT2D eigenvalue weighted by Crippen LogP contribution is 2.30. The molecule has 2 rings (SSSR count). The summed E-state index contributed by atoms with van der Waals surface area (Å²) in [7, 11) is 0. The van der Waals surface area contributed by atoms with Gasteiger partial charge in [-0.3, -0.25) is 4.79 Å². The van der Waals surface area contributed by atoms with E-state index < -0.39 is 0 Å². The maximum atomic E-state index is 12.3. The Hall–Kier alpha value is -0.650. The van der Waals surface area contributed by atoms with Crippen LogP contribution >= 0.6 is 23.7 Å². The number of aromatic nitrogens is 1. The highest BCUT2D eigenvalue weighted by Gasteiger charge is 2.29. The van der Waals surface area contributed by atoms with E-state index in [9.17, 15) is 4.79 Å². The van der Waals surface area contributed by atoms with Crippen LogP contribution in [0.4, 0.5) is 0 Å². The van der Waals surface area contributed by atoms with E-state index in [1.165, 1.54) is 37.0 Å². The summed E-state index contributed by atoms with van der Waals surface area (Å²) in [5, 5.41) is 5.99. The molecule has 2 atom stereocenters. The number of halogens is 1. The van der Waals surface area contributed by atoms with E-state index in [4.69, 9.17) is 5.73 Å². The molecule has 126 valence electrons. The molecule has 0 aliphatic heterocycles. The molecule has 0 saturated heterocycles. The Morgan fingerprint density at radius 2 is 2.27 bits per heavy atom. The van der Waals surface area contributed by atoms with Gasteiger partial charge in [0.1, 0.15) is 5.69 Å². The van der Waals surface area contributed by atoms with Gasteiger partial charge in [0.05, 0.1) is 5.01 Å². The number of nitrogens with one attached hydrogen (secondary N) is 1. The zero-order chi connectivity index (χ0) is 15.2. The van der Waals surface area contributed by atoms with Gasteiger partial charge in [0.15, 0.2) is 0 Å². The predicted octanol–water partition coefficient (Wildman–Crippen LogP) is 3.40. The van der Waals surface area contributed by atoms with Gasteiger partial charge in [0, 0.05) is 17.8 Å². The molecule has 1 aliphatic rings. The van der Waals surface area contributed by atoms with Crippen molar-refractivity contribution in [3.8, 4) is 0 Å². The van der Waals surface area contributed by atoms with Gasteiger partial charge >= 0.3 is 0 Å². The quantitative estimate of drug-likeness (QED) is 0.795. The van der Waals surface area contributed by atoms with Crippen molar-refractivity contribution in [2.45, 2.75) is 58.4 Å². The molecule has 4 nitrogen and oxygen atoms in total. The van der Waals surface area contributed by atoms with Gasteiger partial charge in [-0.1, -0.05) is 26.7 Å². The molecule has 1 amide bonds. The lowest BCUT2D eigenvalue weighted by Crippen LogP contribution is -2.37. The predicted molar refractivity (Wildman–Crippen MR) is 94.8 cm³/mol. The molecule has 1 aromatic rings. The van der Waals surface area contributed by atoms with Gasteiger partial charge in [-0.05, 0) is 37.6 Å². The van der Waals surface area contributed by atoms with E-state index >= 15 is 0 Å².